The van der Waals surface area contributed by atoms with Crippen LogP contribution in [-0.2, 0) is 25.4 Å². The van der Waals surface area contributed by atoms with Crippen LogP contribution in [-0.4, -0.2) is 30.5 Å². The molecule has 0 radical (unpaired) electrons. The summed E-state index contributed by atoms with van der Waals surface area (Å²) >= 11 is 0. The van der Waals surface area contributed by atoms with Gasteiger partial charge < -0.3 is 4.57 Å². The Kier molecular flexibility index (Phi) is 4.59. The van der Waals surface area contributed by atoms with Gasteiger partial charge >= 0.3 is 5.69 Å². The second-order valence-corrected chi connectivity index (χ2v) is 5.76. The van der Waals surface area contributed by atoms with Gasteiger partial charge in [0.25, 0.3) is 17.4 Å². The van der Waals surface area contributed by atoms with E-state index in [0.29, 0.717) is 0 Å². The van der Waals surface area contributed by atoms with Crippen molar-refractivity contribution in [3.63, 3.8) is 0 Å². The maximum absolute atomic E-state index is 12.9. The van der Waals surface area contributed by atoms with E-state index in [1.807, 2.05) is 0 Å². The molecule has 2 N–H and O–H groups in total. The maximum Gasteiger partial charge on any atom is 0.332 e. The SMILES string of the molecule is Cn1c(=O)c2c(ncn2CC(=O)NNC(=O)c2ccc(F)cc2)n(C)c1=O. The number of hydrogen-bond acceptors (Lipinski definition) is 5. The van der Waals surface area contributed by atoms with Crippen LogP contribution >= 0.6 is 0 Å². The largest absolute Gasteiger partial charge is 0.332 e. The smallest absolute Gasteiger partial charge is 0.315 e. The molecule has 140 valence electrons. The van der Waals surface area contributed by atoms with Gasteiger partial charge in [-0.25, -0.2) is 14.2 Å². The number of hydrogen-bond donors (Lipinski definition) is 2. The van der Waals surface area contributed by atoms with Crippen LogP contribution in [0.25, 0.3) is 11.2 Å². The summed E-state index contributed by atoms with van der Waals surface area (Å²) in [5.41, 5.74) is 3.66. The third-order valence-electron chi connectivity index (χ3n) is 3.95. The number of rotatable bonds is 3. The molecular weight excluding hydrogens is 359 g/mol. The molecule has 10 nitrogen and oxygen atoms in total. The number of aryl methyl sites for hydroxylation is 1. The van der Waals surface area contributed by atoms with E-state index < -0.39 is 28.9 Å². The quantitative estimate of drug-likeness (QED) is 0.572. The van der Waals surface area contributed by atoms with Gasteiger partial charge in [0.05, 0.1) is 6.33 Å². The molecular formula is C16H15FN6O4. The number of benzene rings is 1. The first-order chi connectivity index (χ1) is 12.8. The molecule has 0 bridgehead atoms. The molecule has 0 aliphatic rings. The topological polar surface area (TPSA) is 120 Å². The number of amides is 2. The molecule has 11 heteroatoms. The van der Waals surface area contributed by atoms with E-state index in [4.69, 9.17) is 0 Å². The van der Waals surface area contributed by atoms with Crippen molar-refractivity contribution >= 4 is 23.0 Å². The lowest BCUT2D eigenvalue weighted by molar-refractivity contribution is -0.122. The molecule has 0 saturated carbocycles. The Hall–Kier alpha value is -3.76. The van der Waals surface area contributed by atoms with Crippen molar-refractivity contribution in [2.24, 2.45) is 14.1 Å². The lowest BCUT2D eigenvalue weighted by Crippen LogP contribution is -2.43. The summed E-state index contributed by atoms with van der Waals surface area (Å²) in [5, 5.41) is 0. The first-order valence-electron chi connectivity index (χ1n) is 7.75. The van der Waals surface area contributed by atoms with Crippen LogP contribution in [0.3, 0.4) is 0 Å². The fourth-order valence-corrected chi connectivity index (χ4v) is 2.51. The van der Waals surface area contributed by atoms with Gasteiger partial charge in [0, 0.05) is 19.7 Å². The van der Waals surface area contributed by atoms with Gasteiger partial charge in [-0.05, 0) is 24.3 Å². The van der Waals surface area contributed by atoms with Crippen LogP contribution in [0.4, 0.5) is 4.39 Å². The molecule has 2 heterocycles. The molecule has 0 spiro atoms. The van der Waals surface area contributed by atoms with Gasteiger partial charge in [0.1, 0.15) is 12.4 Å². The highest BCUT2D eigenvalue weighted by atomic mass is 19.1. The molecule has 2 aromatic heterocycles. The fraction of sp³-hybridized carbons (Fsp3) is 0.188. The normalized spacial score (nSPS) is 10.8. The van der Waals surface area contributed by atoms with Crippen LogP contribution in [0, 0.1) is 5.82 Å². The van der Waals surface area contributed by atoms with E-state index in [-0.39, 0.29) is 23.3 Å². The Labute approximate surface area is 150 Å². The summed E-state index contributed by atoms with van der Waals surface area (Å²) in [5.74, 6) is -1.74. The van der Waals surface area contributed by atoms with E-state index in [2.05, 4.69) is 15.8 Å². The summed E-state index contributed by atoms with van der Waals surface area (Å²) < 4.78 is 16.2. The molecule has 0 saturated heterocycles. The number of halogens is 1. The van der Waals surface area contributed by atoms with E-state index in [1.54, 1.807) is 0 Å². The van der Waals surface area contributed by atoms with Gasteiger partial charge in [-0.1, -0.05) is 0 Å². The number of hydrazine groups is 1. The first-order valence-corrected chi connectivity index (χ1v) is 7.75. The molecule has 0 fully saturated rings. The zero-order valence-electron chi connectivity index (χ0n) is 14.4. The first kappa shape index (κ1) is 18.0. The summed E-state index contributed by atoms with van der Waals surface area (Å²) in [7, 11) is 2.79. The standard InChI is InChI=1S/C16H15FN6O4/c1-21-13-12(15(26)22(2)16(21)27)23(8-18-13)7-11(24)19-20-14(25)9-3-5-10(17)6-4-9/h3-6,8H,7H2,1-2H3,(H,19,24)(H,20,25). The van der Waals surface area contributed by atoms with E-state index >= 15 is 0 Å². The average Bonchev–Trinajstić information content (AvgIpc) is 3.07. The highest BCUT2D eigenvalue weighted by molar-refractivity contribution is 5.95. The van der Waals surface area contributed by atoms with Gasteiger partial charge in [-0.3, -0.25) is 34.4 Å². The molecule has 0 unspecified atom stereocenters. The van der Waals surface area contributed by atoms with Crippen LogP contribution in [0.1, 0.15) is 10.4 Å². The van der Waals surface area contributed by atoms with Gasteiger partial charge in [0.2, 0.25) is 0 Å². The summed E-state index contributed by atoms with van der Waals surface area (Å²) in [6, 6.07) is 4.78. The van der Waals surface area contributed by atoms with Crippen molar-refractivity contribution in [3.05, 3.63) is 62.8 Å². The van der Waals surface area contributed by atoms with Crippen molar-refractivity contribution in [3.8, 4) is 0 Å². The number of imidazole rings is 1. The average molecular weight is 374 g/mol. The number of nitrogens with zero attached hydrogens (tertiary/aromatic N) is 4. The van der Waals surface area contributed by atoms with E-state index in [9.17, 15) is 23.6 Å². The van der Waals surface area contributed by atoms with E-state index in [0.717, 1.165) is 16.7 Å². The molecule has 1 aromatic carbocycles. The Balaban J connectivity index is 1.75. The van der Waals surface area contributed by atoms with Crippen LogP contribution < -0.4 is 22.1 Å². The summed E-state index contributed by atoms with van der Waals surface area (Å²) in [6.45, 7) is -0.312. The zero-order chi connectivity index (χ0) is 19.7. The van der Waals surface area contributed by atoms with Gasteiger partial charge in [0.15, 0.2) is 11.2 Å². The molecule has 2 amide bonds. The van der Waals surface area contributed by atoms with Crippen molar-refractivity contribution < 1.29 is 14.0 Å². The van der Waals surface area contributed by atoms with Crippen LogP contribution in [0.2, 0.25) is 0 Å². The Morgan fingerprint density at radius 2 is 1.74 bits per heavy atom. The van der Waals surface area contributed by atoms with Crippen molar-refractivity contribution in [2.75, 3.05) is 0 Å². The molecule has 0 aliphatic heterocycles. The Morgan fingerprint density at radius 1 is 1.07 bits per heavy atom. The Morgan fingerprint density at radius 3 is 2.41 bits per heavy atom. The molecule has 0 atom stereocenters. The zero-order valence-corrected chi connectivity index (χ0v) is 14.4. The number of nitrogens with one attached hydrogen (secondary N) is 2. The highest BCUT2D eigenvalue weighted by Crippen LogP contribution is 2.05. The van der Waals surface area contributed by atoms with Crippen molar-refractivity contribution in [1.82, 2.24) is 29.5 Å². The lowest BCUT2D eigenvalue weighted by Gasteiger charge is -2.09. The Bertz CT molecular complexity index is 1160. The highest BCUT2D eigenvalue weighted by Gasteiger charge is 2.16. The minimum Gasteiger partial charge on any atom is -0.315 e. The van der Waals surface area contributed by atoms with Gasteiger partial charge in [-0.2, -0.15) is 0 Å². The van der Waals surface area contributed by atoms with E-state index in [1.165, 1.54) is 41.7 Å². The van der Waals surface area contributed by atoms with Crippen molar-refractivity contribution in [2.45, 2.75) is 6.54 Å². The lowest BCUT2D eigenvalue weighted by atomic mass is 10.2. The number of carbonyl (C=O) groups excluding carboxylic acids is 2. The maximum atomic E-state index is 12.9. The predicted octanol–water partition coefficient (Wildman–Crippen LogP) is -0.966. The summed E-state index contributed by atoms with van der Waals surface area (Å²) in [4.78, 5) is 52.2. The van der Waals surface area contributed by atoms with Crippen LogP contribution in [0.5, 0.6) is 0 Å². The number of carbonyl (C=O) groups is 2. The second kappa shape index (κ2) is 6.86. The van der Waals surface area contributed by atoms with Crippen molar-refractivity contribution in [1.29, 1.82) is 0 Å². The monoisotopic (exact) mass is 374 g/mol. The molecule has 3 rings (SSSR count). The third-order valence-corrected chi connectivity index (χ3v) is 3.95. The fourth-order valence-electron chi connectivity index (χ4n) is 2.51. The van der Waals surface area contributed by atoms with Crippen LogP contribution in [0.15, 0.2) is 40.2 Å². The molecule has 3 aromatic rings. The minimum atomic E-state index is -0.628. The number of aromatic nitrogens is 4. The summed E-state index contributed by atoms with van der Waals surface area (Å²) in [6.07, 6.45) is 1.26. The molecule has 0 aliphatic carbocycles. The predicted molar refractivity (Wildman–Crippen MR) is 92.2 cm³/mol. The molecule has 27 heavy (non-hydrogen) atoms. The van der Waals surface area contributed by atoms with Gasteiger partial charge in [-0.15, -0.1) is 0 Å². The second-order valence-electron chi connectivity index (χ2n) is 5.76. The number of fused-ring (bicyclic) bond motifs is 1. The third kappa shape index (κ3) is 3.34. The minimum absolute atomic E-state index is 0.0830.